The molecule has 0 heterocycles. The summed E-state index contributed by atoms with van der Waals surface area (Å²) in [6, 6.07) is 1.30. The van der Waals surface area contributed by atoms with Gasteiger partial charge in [-0.1, -0.05) is 0 Å². The number of hydrogen-bond donors (Lipinski definition) is 2. The van der Waals surface area contributed by atoms with Crippen LogP contribution in [0.15, 0.2) is 12.1 Å². The summed E-state index contributed by atoms with van der Waals surface area (Å²) < 4.78 is 38.7. The highest BCUT2D eigenvalue weighted by molar-refractivity contribution is 5.81. The maximum Gasteiger partial charge on any atom is 0.237 e. The quantitative estimate of drug-likeness (QED) is 0.807. The van der Waals surface area contributed by atoms with E-state index in [9.17, 15) is 18.0 Å². The molecule has 1 rings (SSSR count). The molecule has 1 amide bonds. The molecule has 1 unspecified atom stereocenters. The van der Waals surface area contributed by atoms with E-state index in [2.05, 4.69) is 10.6 Å². The van der Waals surface area contributed by atoms with Crippen LogP contribution in [0.25, 0.3) is 0 Å². The second kappa shape index (κ2) is 6.56. The van der Waals surface area contributed by atoms with Crippen molar-refractivity contribution in [1.82, 2.24) is 10.6 Å². The second-order valence-corrected chi connectivity index (χ2v) is 4.64. The number of carbonyl (C=O) groups is 1. The first-order valence-electron chi connectivity index (χ1n) is 5.98. The highest BCUT2D eigenvalue weighted by Crippen LogP contribution is 2.13. The molecule has 0 saturated heterocycles. The van der Waals surface area contributed by atoms with Crippen molar-refractivity contribution in [2.45, 2.75) is 39.4 Å². The molecule has 0 spiro atoms. The largest absolute Gasteiger partial charge is 0.353 e. The Kier molecular flexibility index (Phi) is 5.35. The van der Waals surface area contributed by atoms with Crippen LogP contribution in [0.5, 0.6) is 0 Å². The lowest BCUT2D eigenvalue weighted by Gasteiger charge is -2.16. The normalized spacial score (nSPS) is 12.6. The third-order valence-corrected chi connectivity index (χ3v) is 2.48. The van der Waals surface area contributed by atoms with Crippen molar-refractivity contribution in [3.8, 4) is 0 Å². The van der Waals surface area contributed by atoms with Crippen molar-refractivity contribution in [3.63, 3.8) is 0 Å². The average Bonchev–Trinajstić information content (AvgIpc) is 2.31. The first kappa shape index (κ1) is 15.5. The summed E-state index contributed by atoms with van der Waals surface area (Å²) in [6.07, 6.45) is 0. The molecule has 0 radical (unpaired) electrons. The van der Waals surface area contributed by atoms with Gasteiger partial charge in [-0.15, -0.1) is 0 Å². The molecule has 0 fully saturated rings. The summed E-state index contributed by atoms with van der Waals surface area (Å²) in [5.41, 5.74) is 0.237. The molecule has 1 aromatic carbocycles. The zero-order chi connectivity index (χ0) is 14.6. The van der Waals surface area contributed by atoms with Gasteiger partial charge < -0.3 is 10.6 Å². The number of nitrogens with one attached hydrogen (secondary N) is 2. The minimum atomic E-state index is -1.49. The van der Waals surface area contributed by atoms with Gasteiger partial charge in [-0.25, -0.2) is 13.2 Å². The maximum absolute atomic E-state index is 13.0. The van der Waals surface area contributed by atoms with Crippen LogP contribution in [-0.2, 0) is 11.3 Å². The molecule has 19 heavy (non-hydrogen) atoms. The van der Waals surface area contributed by atoms with Crippen molar-refractivity contribution in [2.24, 2.45) is 0 Å². The zero-order valence-corrected chi connectivity index (χ0v) is 11.1. The SMILES string of the molecule is CC(C)NC(=O)C(C)NCc1cc(F)c(F)c(F)c1. The summed E-state index contributed by atoms with van der Waals surface area (Å²) in [7, 11) is 0. The third-order valence-electron chi connectivity index (χ3n) is 2.48. The van der Waals surface area contributed by atoms with Gasteiger partial charge in [-0.3, -0.25) is 4.79 Å². The Morgan fingerprint density at radius 1 is 1.16 bits per heavy atom. The number of benzene rings is 1. The van der Waals surface area contributed by atoms with Gasteiger partial charge >= 0.3 is 0 Å². The molecule has 0 saturated carbocycles. The van der Waals surface area contributed by atoms with Gasteiger partial charge in [0.1, 0.15) is 0 Å². The second-order valence-electron chi connectivity index (χ2n) is 4.64. The standard InChI is InChI=1S/C13H17F3N2O/c1-7(2)18-13(19)8(3)17-6-9-4-10(14)12(16)11(15)5-9/h4-5,7-8,17H,6H2,1-3H3,(H,18,19). The van der Waals surface area contributed by atoms with Gasteiger partial charge in [0.25, 0.3) is 0 Å². The van der Waals surface area contributed by atoms with Crippen LogP contribution >= 0.6 is 0 Å². The number of rotatable bonds is 5. The summed E-state index contributed by atoms with van der Waals surface area (Å²) in [5.74, 6) is -4.18. The van der Waals surface area contributed by atoms with E-state index in [0.717, 1.165) is 12.1 Å². The minimum absolute atomic E-state index is 0.0115. The lowest BCUT2D eigenvalue weighted by molar-refractivity contribution is -0.123. The number of halogens is 3. The Balaban J connectivity index is 2.60. The van der Waals surface area contributed by atoms with Crippen molar-refractivity contribution in [2.75, 3.05) is 0 Å². The van der Waals surface area contributed by atoms with Gasteiger partial charge in [-0.05, 0) is 38.5 Å². The van der Waals surface area contributed by atoms with Crippen LogP contribution < -0.4 is 10.6 Å². The van der Waals surface area contributed by atoms with Gasteiger partial charge in [0.2, 0.25) is 5.91 Å². The van der Waals surface area contributed by atoms with Crippen molar-refractivity contribution in [1.29, 1.82) is 0 Å². The molecule has 106 valence electrons. The summed E-state index contributed by atoms with van der Waals surface area (Å²) in [5, 5.41) is 5.51. The van der Waals surface area contributed by atoms with E-state index in [1.807, 2.05) is 13.8 Å². The summed E-state index contributed by atoms with van der Waals surface area (Å²) in [4.78, 5) is 11.6. The van der Waals surface area contributed by atoms with Crippen molar-refractivity contribution >= 4 is 5.91 Å². The first-order valence-corrected chi connectivity index (χ1v) is 5.98. The molecule has 3 nitrogen and oxygen atoms in total. The predicted octanol–water partition coefficient (Wildman–Crippen LogP) is 2.11. The first-order chi connectivity index (χ1) is 8.81. The van der Waals surface area contributed by atoms with Gasteiger partial charge in [-0.2, -0.15) is 0 Å². The fraction of sp³-hybridized carbons (Fsp3) is 0.462. The van der Waals surface area contributed by atoms with Crippen LogP contribution in [-0.4, -0.2) is 18.0 Å². The molecule has 6 heteroatoms. The Bertz CT molecular complexity index is 440. The van der Waals surface area contributed by atoms with Crippen LogP contribution in [0.2, 0.25) is 0 Å². The number of hydrogen-bond acceptors (Lipinski definition) is 2. The van der Waals surface area contributed by atoms with E-state index in [1.54, 1.807) is 6.92 Å². The molecule has 1 aromatic rings. The van der Waals surface area contributed by atoms with E-state index < -0.39 is 23.5 Å². The molecule has 1 atom stereocenters. The monoisotopic (exact) mass is 274 g/mol. The number of carbonyl (C=O) groups excluding carboxylic acids is 1. The molecular weight excluding hydrogens is 257 g/mol. The smallest absolute Gasteiger partial charge is 0.237 e. The molecule has 0 aliphatic rings. The van der Waals surface area contributed by atoms with Crippen LogP contribution in [0.1, 0.15) is 26.3 Å². The van der Waals surface area contributed by atoms with Crippen LogP contribution in [0, 0.1) is 17.5 Å². The Morgan fingerprint density at radius 3 is 2.16 bits per heavy atom. The fourth-order valence-corrected chi connectivity index (χ4v) is 1.48. The fourth-order valence-electron chi connectivity index (χ4n) is 1.48. The molecule has 0 bridgehead atoms. The van der Waals surface area contributed by atoms with Crippen LogP contribution in [0.4, 0.5) is 13.2 Å². The third kappa shape index (κ3) is 4.55. The Hall–Kier alpha value is -1.56. The van der Waals surface area contributed by atoms with Crippen LogP contribution in [0.3, 0.4) is 0 Å². The van der Waals surface area contributed by atoms with E-state index in [4.69, 9.17) is 0 Å². The molecular formula is C13H17F3N2O. The van der Waals surface area contributed by atoms with Crippen molar-refractivity contribution < 1.29 is 18.0 Å². The minimum Gasteiger partial charge on any atom is -0.353 e. The van der Waals surface area contributed by atoms with Gasteiger partial charge in [0.15, 0.2) is 17.5 Å². The molecule has 2 N–H and O–H groups in total. The highest BCUT2D eigenvalue weighted by Gasteiger charge is 2.14. The topological polar surface area (TPSA) is 41.1 Å². The zero-order valence-electron chi connectivity index (χ0n) is 11.1. The summed E-state index contributed by atoms with van der Waals surface area (Å²) >= 11 is 0. The maximum atomic E-state index is 13.0. The van der Waals surface area contributed by atoms with Crippen molar-refractivity contribution in [3.05, 3.63) is 35.1 Å². The van der Waals surface area contributed by atoms with Gasteiger partial charge in [0, 0.05) is 12.6 Å². The number of amides is 1. The lowest BCUT2D eigenvalue weighted by atomic mass is 10.2. The summed E-state index contributed by atoms with van der Waals surface area (Å²) in [6.45, 7) is 5.36. The highest BCUT2D eigenvalue weighted by atomic mass is 19.2. The van der Waals surface area contributed by atoms with Gasteiger partial charge in [0.05, 0.1) is 6.04 Å². The van der Waals surface area contributed by atoms with E-state index in [1.165, 1.54) is 0 Å². The average molecular weight is 274 g/mol. The Labute approximate surface area is 110 Å². The molecule has 0 aromatic heterocycles. The predicted molar refractivity (Wildman–Crippen MR) is 65.9 cm³/mol. The molecule has 0 aliphatic carbocycles. The van der Waals surface area contributed by atoms with E-state index in [0.29, 0.717) is 0 Å². The Morgan fingerprint density at radius 2 is 1.68 bits per heavy atom. The lowest BCUT2D eigenvalue weighted by Crippen LogP contribution is -2.44. The van der Waals surface area contributed by atoms with E-state index in [-0.39, 0.29) is 24.1 Å². The van der Waals surface area contributed by atoms with E-state index >= 15 is 0 Å². The molecule has 0 aliphatic heterocycles.